The van der Waals surface area contributed by atoms with Gasteiger partial charge in [0.15, 0.2) is 0 Å². The first-order chi connectivity index (χ1) is 13.0. The van der Waals surface area contributed by atoms with Gasteiger partial charge in [-0.2, -0.15) is 13.2 Å². The van der Waals surface area contributed by atoms with Crippen LogP contribution in [0.5, 0.6) is 5.75 Å². The van der Waals surface area contributed by atoms with Crippen LogP contribution in [0.15, 0.2) is 89.9 Å². The van der Waals surface area contributed by atoms with Crippen molar-refractivity contribution in [2.45, 2.75) is 12.2 Å². The van der Waals surface area contributed by atoms with Crippen molar-refractivity contribution >= 4 is 5.71 Å². The molecule has 2 nitrogen and oxygen atoms in total. The molecule has 3 rings (SSSR count). The van der Waals surface area contributed by atoms with E-state index in [4.69, 9.17) is 4.74 Å². The van der Waals surface area contributed by atoms with Gasteiger partial charge in [0, 0.05) is 5.56 Å². The summed E-state index contributed by atoms with van der Waals surface area (Å²) in [6, 6.07) is 22.9. The minimum atomic E-state index is -4.59. The maximum atomic E-state index is 13.8. The zero-order chi connectivity index (χ0) is 19.3. The zero-order valence-corrected chi connectivity index (χ0v) is 14.6. The topological polar surface area (TPSA) is 21.6 Å². The molecule has 0 aromatic heterocycles. The molecule has 0 unspecified atom stereocenters. The fourth-order valence-electron chi connectivity index (χ4n) is 2.80. The van der Waals surface area contributed by atoms with Gasteiger partial charge in [-0.15, -0.1) is 0 Å². The molecule has 0 spiro atoms. The number of benzene rings is 3. The number of nitrogens with zero attached hydrogens (tertiary/aromatic N) is 1. The van der Waals surface area contributed by atoms with Crippen molar-refractivity contribution in [2.24, 2.45) is 4.99 Å². The standard InChI is InChI=1S/C22H18F3NO/c1-27-19-14-12-18(13-15-19)21(22(23,24)25)26-20(16-8-4-2-5-9-16)17-10-6-3-7-11-17/h2-15,20H,1H3/b26-21-. The van der Waals surface area contributed by atoms with Gasteiger partial charge in [0.25, 0.3) is 0 Å². The van der Waals surface area contributed by atoms with E-state index in [1.54, 1.807) is 48.5 Å². The highest BCUT2D eigenvalue weighted by Crippen LogP contribution is 2.31. The average molecular weight is 369 g/mol. The van der Waals surface area contributed by atoms with Crippen LogP contribution in [0, 0.1) is 0 Å². The summed E-state index contributed by atoms with van der Waals surface area (Å²) >= 11 is 0. The lowest BCUT2D eigenvalue weighted by Crippen LogP contribution is -2.25. The molecular formula is C22H18F3NO. The molecule has 0 aliphatic rings. The van der Waals surface area contributed by atoms with E-state index in [1.165, 1.54) is 31.4 Å². The molecule has 0 atom stereocenters. The Morgan fingerprint density at radius 1 is 0.778 bits per heavy atom. The fourth-order valence-corrected chi connectivity index (χ4v) is 2.80. The second-order valence-corrected chi connectivity index (χ2v) is 5.93. The second kappa shape index (κ2) is 8.08. The maximum Gasteiger partial charge on any atom is 0.433 e. The van der Waals surface area contributed by atoms with E-state index in [1.807, 2.05) is 12.1 Å². The molecular weight excluding hydrogens is 351 g/mol. The van der Waals surface area contributed by atoms with Crippen molar-refractivity contribution in [3.8, 4) is 5.75 Å². The molecule has 0 saturated heterocycles. The first-order valence-corrected chi connectivity index (χ1v) is 8.38. The normalized spacial score (nSPS) is 12.3. The minimum Gasteiger partial charge on any atom is -0.497 e. The summed E-state index contributed by atoms with van der Waals surface area (Å²) in [4.78, 5) is 4.16. The van der Waals surface area contributed by atoms with E-state index in [0.717, 1.165) is 0 Å². The highest BCUT2D eigenvalue weighted by atomic mass is 19.4. The second-order valence-electron chi connectivity index (χ2n) is 5.93. The monoisotopic (exact) mass is 369 g/mol. The fraction of sp³-hybridized carbons (Fsp3) is 0.136. The van der Waals surface area contributed by atoms with Crippen LogP contribution in [0.4, 0.5) is 13.2 Å². The number of rotatable bonds is 5. The molecule has 0 fully saturated rings. The lowest BCUT2D eigenvalue weighted by atomic mass is 9.98. The number of ether oxygens (including phenoxy) is 1. The van der Waals surface area contributed by atoms with Gasteiger partial charge >= 0.3 is 6.18 Å². The Morgan fingerprint density at radius 2 is 1.26 bits per heavy atom. The van der Waals surface area contributed by atoms with Gasteiger partial charge in [0.1, 0.15) is 17.5 Å². The summed E-state index contributed by atoms with van der Waals surface area (Å²) in [7, 11) is 1.47. The molecule has 0 aliphatic carbocycles. The summed E-state index contributed by atoms with van der Waals surface area (Å²) in [6.45, 7) is 0. The van der Waals surface area contributed by atoms with Crippen LogP contribution in [0.3, 0.4) is 0 Å². The third kappa shape index (κ3) is 4.56. The number of hydrogen-bond donors (Lipinski definition) is 0. The molecule has 0 heterocycles. The molecule has 0 saturated carbocycles. The molecule has 0 N–H and O–H groups in total. The Morgan fingerprint density at radius 3 is 1.67 bits per heavy atom. The maximum absolute atomic E-state index is 13.8. The average Bonchev–Trinajstić information content (AvgIpc) is 2.69. The van der Waals surface area contributed by atoms with Gasteiger partial charge in [-0.1, -0.05) is 60.7 Å². The molecule has 0 radical (unpaired) electrons. The molecule has 3 aromatic rings. The molecule has 3 aromatic carbocycles. The lowest BCUT2D eigenvalue weighted by molar-refractivity contribution is -0.0583. The number of methoxy groups -OCH3 is 1. The Balaban J connectivity index is 2.14. The summed E-state index contributed by atoms with van der Waals surface area (Å²) in [5.41, 5.74) is 0.473. The smallest absolute Gasteiger partial charge is 0.433 e. The molecule has 5 heteroatoms. The number of halogens is 3. The van der Waals surface area contributed by atoms with E-state index < -0.39 is 17.9 Å². The van der Waals surface area contributed by atoms with Gasteiger partial charge in [0.2, 0.25) is 0 Å². The molecule has 0 amide bonds. The quantitative estimate of drug-likeness (QED) is 0.518. The van der Waals surface area contributed by atoms with Crippen molar-refractivity contribution in [1.82, 2.24) is 0 Å². The summed E-state index contributed by atoms with van der Waals surface area (Å²) in [5, 5.41) is 0. The van der Waals surface area contributed by atoms with Crippen LogP contribution in [-0.4, -0.2) is 19.0 Å². The predicted molar refractivity (Wildman–Crippen MR) is 100 cm³/mol. The van der Waals surface area contributed by atoms with Crippen LogP contribution in [0.2, 0.25) is 0 Å². The largest absolute Gasteiger partial charge is 0.497 e. The van der Waals surface area contributed by atoms with Gasteiger partial charge in [-0.05, 0) is 35.4 Å². The Labute approximate surface area is 156 Å². The molecule has 0 bridgehead atoms. The Bertz CT molecular complexity index is 849. The van der Waals surface area contributed by atoms with Crippen molar-refractivity contribution in [2.75, 3.05) is 7.11 Å². The van der Waals surface area contributed by atoms with E-state index >= 15 is 0 Å². The van der Waals surface area contributed by atoms with Crippen LogP contribution < -0.4 is 4.74 Å². The lowest BCUT2D eigenvalue weighted by Gasteiger charge is -2.18. The molecule has 138 valence electrons. The number of aliphatic imine (C=N–C) groups is 1. The third-order valence-corrected chi connectivity index (χ3v) is 4.12. The summed E-state index contributed by atoms with van der Waals surface area (Å²) in [6.07, 6.45) is -4.59. The van der Waals surface area contributed by atoms with Crippen molar-refractivity contribution in [3.05, 3.63) is 102 Å². The van der Waals surface area contributed by atoms with E-state index in [0.29, 0.717) is 16.9 Å². The Hall–Kier alpha value is -3.08. The first-order valence-electron chi connectivity index (χ1n) is 8.38. The van der Waals surface area contributed by atoms with Gasteiger partial charge in [-0.3, -0.25) is 4.99 Å². The number of alkyl halides is 3. The van der Waals surface area contributed by atoms with Crippen LogP contribution in [0.25, 0.3) is 0 Å². The van der Waals surface area contributed by atoms with Crippen molar-refractivity contribution in [3.63, 3.8) is 0 Å². The first kappa shape index (κ1) is 18.7. The summed E-state index contributed by atoms with van der Waals surface area (Å²) < 4.78 is 46.5. The number of hydrogen-bond acceptors (Lipinski definition) is 2. The zero-order valence-electron chi connectivity index (χ0n) is 14.6. The van der Waals surface area contributed by atoms with Gasteiger partial charge in [0.05, 0.1) is 7.11 Å². The Kier molecular flexibility index (Phi) is 5.60. The van der Waals surface area contributed by atoms with E-state index in [2.05, 4.69) is 4.99 Å². The third-order valence-electron chi connectivity index (χ3n) is 4.12. The van der Waals surface area contributed by atoms with Crippen molar-refractivity contribution in [1.29, 1.82) is 0 Å². The minimum absolute atomic E-state index is 0.000150. The van der Waals surface area contributed by atoms with Crippen LogP contribution >= 0.6 is 0 Å². The van der Waals surface area contributed by atoms with Crippen LogP contribution in [-0.2, 0) is 0 Å². The van der Waals surface area contributed by atoms with Gasteiger partial charge in [-0.25, -0.2) is 0 Å². The summed E-state index contributed by atoms with van der Waals surface area (Å²) in [5.74, 6) is 0.489. The molecule has 27 heavy (non-hydrogen) atoms. The van der Waals surface area contributed by atoms with Crippen molar-refractivity contribution < 1.29 is 17.9 Å². The van der Waals surface area contributed by atoms with Crippen LogP contribution in [0.1, 0.15) is 22.7 Å². The van der Waals surface area contributed by atoms with Gasteiger partial charge < -0.3 is 4.74 Å². The molecule has 0 aliphatic heterocycles. The SMILES string of the molecule is COc1ccc(/C(=N/C(c2ccccc2)c2ccccc2)C(F)(F)F)cc1. The highest BCUT2D eigenvalue weighted by Gasteiger charge is 2.37. The van der Waals surface area contributed by atoms with E-state index in [-0.39, 0.29) is 5.56 Å². The highest BCUT2D eigenvalue weighted by molar-refractivity contribution is 6.05. The predicted octanol–water partition coefficient (Wildman–Crippen LogP) is 5.84. The van der Waals surface area contributed by atoms with E-state index in [9.17, 15) is 13.2 Å².